The Kier molecular flexibility index (Phi) is 5.88. The molecule has 0 aromatic carbocycles. The van der Waals surface area contributed by atoms with Crippen LogP contribution in [0.15, 0.2) is 0 Å². The van der Waals surface area contributed by atoms with Crippen molar-refractivity contribution in [2.45, 2.75) is 26.0 Å². The van der Waals surface area contributed by atoms with Gasteiger partial charge in [0.15, 0.2) is 6.10 Å². The predicted octanol–water partition coefficient (Wildman–Crippen LogP) is -0.814. The molecule has 0 aromatic rings. The molecule has 6 nitrogen and oxygen atoms in total. The van der Waals surface area contributed by atoms with Gasteiger partial charge in [-0.05, 0) is 5.92 Å². The van der Waals surface area contributed by atoms with E-state index in [1.807, 2.05) is 13.8 Å². The van der Waals surface area contributed by atoms with Crippen LogP contribution in [0.3, 0.4) is 0 Å². The number of nitrogens with one attached hydrogen (secondary N) is 1. The summed E-state index contributed by atoms with van der Waals surface area (Å²) in [6, 6.07) is -0.628. The van der Waals surface area contributed by atoms with Gasteiger partial charge >= 0.3 is 5.97 Å². The molecule has 0 saturated carbocycles. The first-order chi connectivity index (χ1) is 6.90. The first kappa shape index (κ1) is 13.9. The maximum absolute atomic E-state index is 11.3. The Morgan fingerprint density at radius 2 is 2.00 bits per heavy atom. The van der Waals surface area contributed by atoms with Crippen molar-refractivity contribution >= 4 is 11.9 Å². The largest absolute Gasteiger partial charge is 0.479 e. The van der Waals surface area contributed by atoms with Crippen LogP contribution >= 0.6 is 0 Å². The number of carboxylic acid groups (broad SMARTS) is 1. The van der Waals surface area contributed by atoms with E-state index < -0.39 is 18.1 Å². The van der Waals surface area contributed by atoms with Gasteiger partial charge in [0, 0.05) is 7.11 Å². The lowest BCUT2D eigenvalue weighted by atomic mass is 10.1. The van der Waals surface area contributed by atoms with Gasteiger partial charge in [0.1, 0.15) is 0 Å². The van der Waals surface area contributed by atoms with Crippen LogP contribution in [0.1, 0.15) is 13.8 Å². The molecule has 0 rings (SSSR count). The molecule has 0 aliphatic rings. The maximum atomic E-state index is 11.3. The van der Waals surface area contributed by atoms with Gasteiger partial charge in [-0.3, -0.25) is 4.79 Å². The van der Waals surface area contributed by atoms with Crippen LogP contribution in [0.5, 0.6) is 0 Å². The number of ether oxygens (including phenoxy) is 1. The Bertz CT molecular complexity index is 230. The van der Waals surface area contributed by atoms with Gasteiger partial charge in [-0.2, -0.15) is 0 Å². The standard InChI is InChI=1S/C9H18N2O4/c1-5(2)7(10)8(12)11-4-6(15-3)9(13)14/h5-7H,4,10H2,1-3H3,(H,11,12)(H,13,14)/t6?,7-/m0/s1. The fourth-order valence-electron chi connectivity index (χ4n) is 0.885. The van der Waals surface area contributed by atoms with Crippen molar-refractivity contribution < 1.29 is 19.4 Å². The van der Waals surface area contributed by atoms with Gasteiger partial charge < -0.3 is 20.9 Å². The van der Waals surface area contributed by atoms with E-state index >= 15 is 0 Å². The Hall–Kier alpha value is -1.14. The van der Waals surface area contributed by atoms with Gasteiger partial charge in [-0.1, -0.05) is 13.8 Å². The SMILES string of the molecule is COC(CNC(=O)[C@@H](N)C(C)C)C(=O)O. The van der Waals surface area contributed by atoms with Crippen LogP contribution in [0.4, 0.5) is 0 Å². The monoisotopic (exact) mass is 218 g/mol. The molecule has 0 radical (unpaired) electrons. The lowest BCUT2D eigenvalue weighted by Crippen LogP contribution is -2.47. The summed E-state index contributed by atoms with van der Waals surface area (Å²) in [7, 11) is 1.27. The minimum absolute atomic E-state index is 0.0100. The summed E-state index contributed by atoms with van der Waals surface area (Å²) in [5.41, 5.74) is 5.56. The number of amides is 1. The third kappa shape index (κ3) is 4.75. The smallest absolute Gasteiger partial charge is 0.334 e. The van der Waals surface area contributed by atoms with Crippen molar-refractivity contribution in [1.82, 2.24) is 5.32 Å². The molecular weight excluding hydrogens is 200 g/mol. The third-order valence-corrected chi connectivity index (χ3v) is 2.04. The number of nitrogens with two attached hydrogens (primary N) is 1. The van der Waals surface area contributed by atoms with E-state index in [9.17, 15) is 9.59 Å². The Balaban J connectivity index is 4.04. The Morgan fingerprint density at radius 1 is 1.47 bits per heavy atom. The van der Waals surface area contributed by atoms with Gasteiger partial charge in [0.25, 0.3) is 0 Å². The van der Waals surface area contributed by atoms with Crippen LogP contribution in [-0.2, 0) is 14.3 Å². The van der Waals surface area contributed by atoms with E-state index in [0.717, 1.165) is 0 Å². The second-order valence-corrected chi connectivity index (χ2v) is 3.58. The van der Waals surface area contributed by atoms with Crippen LogP contribution in [0.25, 0.3) is 0 Å². The zero-order valence-corrected chi connectivity index (χ0v) is 9.19. The molecule has 6 heteroatoms. The first-order valence-corrected chi connectivity index (χ1v) is 4.69. The fraction of sp³-hybridized carbons (Fsp3) is 0.778. The van der Waals surface area contributed by atoms with Gasteiger partial charge in [-0.15, -0.1) is 0 Å². The molecule has 0 heterocycles. The number of hydrogen-bond acceptors (Lipinski definition) is 4. The van der Waals surface area contributed by atoms with Gasteiger partial charge in [0.2, 0.25) is 5.91 Å². The summed E-state index contributed by atoms with van der Waals surface area (Å²) in [5, 5.41) is 11.1. The highest BCUT2D eigenvalue weighted by Gasteiger charge is 2.21. The molecule has 15 heavy (non-hydrogen) atoms. The lowest BCUT2D eigenvalue weighted by Gasteiger charge is -2.17. The van der Waals surface area contributed by atoms with Crippen LogP contribution < -0.4 is 11.1 Å². The number of carbonyl (C=O) groups excluding carboxylic acids is 1. The number of methoxy groups -OCH3 is 1. The zero-order chi connectivity index (χ0) is 12.0. The van der Waals surface area contributed by atoms with E-state index in [-0.39, 0.29) is 18.4 Å². The molecule has 0 aliphatic heterocycles. The molecule has 1 amide bonds. The van der Waals surface area contributed by atoms with Crippen molar-refractivity contribution in [1.29, 1.82) is 0 Å². The van der Waals surface area contributed by atoms with Gasteiger partial charge in [-0.25, -0.2) is 4.79 Å². The molecule has 0 spiro atoms. The first-order valence-electron chi connectivity index (χ1n) is 4.69. The van der Waals surface area contributed by atoms with Crippen molar-refractivity contribution in [3.05, 3.63) is 0 Å². The quantitative estimate of drug-likeness (QED) is 0.541. The second kappa shape index (κ2) is 6.36. The van der Waals surface area contributed by atoms with E-state index in [1.54, 1.807) is 0 Å². The molecule has 4 N–H and O–H groups in total. The number of carbonyl (C=O) groups is 2. The summed E-state index contributed by atoms with van der Waals surface area (Å²) in [6.45, 7) is 3.55. The zero-order valence-electron chi connectivity index (χ0n) is 9.19. The molecule has 0 fully saturated rings. The fourth-order valence-corrected chi connectivity index (χ4v) is 0.885. The molecule has 0 aliphatic carbocycles. The average Bonchev–Trinajstić information content (AvgIpc) is 2.16. The summed E-state index contributed by atoms with van der Waals surface area (Å²) < 4.78 is 4.65. The van der Waals surface area contributed by atoms with Crippen LogP contribution in [0, 0.1) is 5.92 Å². The molecule has 0 aromatic heterocycles. The highest BCUT2D eigenvalue weighted by molar-refractivity contribution is 5.82. The summed E-state index contributed by atoms with van der Waals surface area (Å²) in [5.74, 6) is -1.47. The summed E-state index contributed by atoms with van der Waals surface area (Å²) in [4.78, 5) is 21.9. The number of aliphatic carboxylic acids is 1. The Labute approximate surface area is 88.8 Å². The molecule has 2 atom stereocenters. The average molecular weight is 218 g/mol. The highest BCUT2D eigenvalue weighted by Crippen LogP contribution is 1.98. The lowest BCUT2D eigenvalue weighted by molar-refractivity contribution is -0.148. The third-order valence-electron chi connectivity index (χ3n) is 2.04. The van der Waals surface area contributed by atoms with E-state index in [4.69, 9.17) is 10.8 Å². The minimum atomic E-state index is -1.11. The molecule has 88 valence electrons. The minimum Gasteiger partial charge on any atom is -0.479 e. The van der Waals surface area contributed by atoms with Crippen LogP contribution in [-0.4, -0.2) is 42.8 Å². The van der Waals surface area contributed by atoms with E-state index in [0.29, 0.717) is 0 Å². The van der Waals surface area contributed by atoms with Crippen molar-refractivity contribution in [2.24, 2.45) is 11.7 Å². The second-order valence-electron chi connectivity index (χ2n) is 3.58. The topological polar surface area (TPSA) is 102 Å². The highest BCUT2D eigenvalue weighted by atomic mass is 16.5. The van der Waals surface area contributed by atoms with E-state index in [1.165, 1.54) is 7.11 Å². The number of rotatable bonds is 6. The van der Waals surface area contributed by atoms with Crippen molar-refractivity contribution in [3.8, 4) is 0 Å². The normalized spacial score (nSPS) is 14.7. The van der Waals surface area contributed by atoms with Gasteiger partial charge in [0.05, 0.1) is 12.6 Å². The van der Waals surface area contributed by atoms with Crippen molar-refractivity contribution in [3.63, 3.8) is 0 Å². The number of carboxylic acids is 1. The maximum Gasteiger partial charge on any atom is 0.334 e. The van der Waals surface area contributed by atoms with Crippen molar-refractivity contribution in [2.75, 3.05) is 13.7 Å². The summed E-state index contributed by atoms with van der Waals surface area (Å²) in [6.07, 6.45) is -1.03. The predicted molar refractivity (Wildman–Crippen MR) is 54.3 cm³/mol. The molecule has 0 saturated heterocycles. The molecule has 1 unspecified atom stereocenters. The molecular formula is C9H18N2O4. The molecule has 0 bridgehead atoms. The number of hydrogen-bond donors (Lipinski definition) is 3. The van der Waals surface area contributed by atoms with E-state index in [2.05, 4.69) is 10.1 Å². The summed E-state index contributed by atoms with van der Waals surface area (Å²) >= 11 is 0. The Morgan fingerprint density at radius 3 is 2.33 bits per heavy atom. The van der Waals surface area contributed by atoms with Crippen LogP contribution in [0.2, 0.25) is 0 Å².